The number of aromatic amines is 2. The predicted octanol–water partition coefficient (Wildman–Crippen LogP) is 2.80. The molecule has 2 aromatic heterocycles. The molecule has 5 nitrogen and oxygen atoms in total. The number of fused-ring (bicyclic) bond motifs is 5. The zero-order valence-corrected chi connectivity index (χ0v) is 12.5. The van der Waals surface area contributed by atoms with Crippen molar-refractivity contribution in [3.8, 4) is 11.4 Å². The third-order valence-corrected chi connectivity index (χ3v) is 4.32. The maximum atomic E-state index is 12.1. The summed E-state index contributed by atoms with van der Waals surface area (Å²) in [6, 6.07) is 5.89. The standard InChI is InChI=1S/C17H18N4O/c1-2-7-18-17(22)10-3-5-12-13-6-4-11-9-19-21-15(11)16(13)20-14(12)8-10/h3,5,8-9,20H,2,4,6-7H2,1H3,(H,18,22)(H,19,21). The van der Waals surface area contributed by atoms with Crippen molar-refractivity contribution in [1.29, 1.82) is 0 Å². The molecule has 112 valence electrons. The second kappa shape index (κ2) is 5.02. The lowest BCUT2D eigenvalue weighted by atomic mass is 9.94. The van der Waals surface area contributed by atoms with Gasteiger partial charge in [0, 0.05) is 23.0 Å². The molecule has 0 fully saturated rings. The Morgan fingerprint density at radius 3 is 3.09 bits per heavy atom. The summed E-state index contributed by atoms with van der Waals surface area (Å²) in [6.07, 6.45) is 4.84. The Kier molecular flexibility index (Phi) is 2.99. The monoisotopic (exact) mass is 294 g/mol. The molecular weight excluding hydrogens is 276 g/mol. The summed E-state index contributed by atoms with van der Waals surface area (Å²) in [5.74, 6) is -0.0152. The second-order valence-corrected chi connectivity index (χ2v) is 5.77. The summed E-state index contributed by atoms with van der Waals surface area (Å²) >= 11 is 0. The molecule has 5 heteroatoms. The van der Waals surface area contributed by atoms with Crippen LogP contribution in [-0.2, 0) is 12.8 Å². The van der Waals surface area contributed by atoms with Crippen LogP contribution in [0.5, 0.6) is 0 Å². The van der Waals surface area contributed by atoms with Crippen molar-refractivity contribution in [1.82, 2.24) is 20.5 Å². The van der Waals surface area contributed by atoms with Crippen LogP contribution in [0.3, 0.4) is 0 Å². The third kappa shape index (κ3) is 1.93. The Morgan fingerprint density at radius 1 is 1.32 bits per heavy atom. The van der Waals surface area contributed by atoms with E-state index in [1.165, 1.54) is 16.5 Å². The molecule has 1 aliphatic carbocycles. The van der Waals surface area contributed by atoms with Gasteiger partial charge in [-0.1, -0.05) is 13.0 Å². The van der Waals surface area contributed by atoms with Gasteiger partial charge in [-0.25, -0.2) is 0 Å². The highest BCUT2D eigenvalue weighted by atomic mass is 16.1. The van der Waals surface area contributed by atoms with Crippen molar-refractivity contribution in [3.63, 3.8) is 0 Å². The highest BCUT2D eigenvalue weighted by Crippen LogP contribution is 2.36. The van der Waals surface area contributed by atoms with Crippen molar-refractivity contribution >= 4 is 16.8 Å². The largest absolute Gasteiger partial charge is 0.353 e. The van der Waals surface area contributed by atoms with Gasteiger partial charge >= 0.3 is 0 Å². The number of H-pyrrole nitrogens is 2. The first-order valence-electron chi connectivity index (χ1n) is 7.73. The molecule has 2 heterocycles. The zero-order chi connectivity index (χ0) is 15.1. The predicted molar refractivity (Wildman–Crippen MR) is 85.9 cm³/mol. The van der Waals surface area contributed by atoms with Gasteiger partial charge in [-0.15, -0.1) is 0 Å². The Morgan fingerprint density at radius 2 is 2.23 bits per heavy atom. The van der Waals surface area contributed by atoms with Gasteiger partial charge in [0.15, 0.2) is 0 Å². The van der Waals surface area contributed by atoms with E-state index in [2.05, 4.69) is 20.5 Å². The highest BCUT2D eigenvalue weighted by molar-refractivity contribution is 6.00. The number of aryl methyl sites for hydroxylation is 2. The molecule has 3 N–H and O–H groups in total. The quantitative estimate of drug-likeness (QED) is 0.695. The van der Waals surface area contributed by atoms with E-state index in [4.69, 9.17) is 0 Å². The first-order valence-corrected chi connectivity index (χ1v) is 7.73. The molecule has 1 aromatic carbocycles. The van der Waals surface area contributed by atoms with Crippen LogP contribution in [0, 0.1) is 0 Å². The number of aromatic nitrogens is 3. The van der Waals surface area contributed by atoms with Crippen molar-refractivity contribution in [2.24, 2.45) is 0 Å². The number of benzene rings is 1. The highest BCUT2D eigenvalue weighted by Gasteiger charge is 2.22. The Labute approximate surface area is 128 Å². The van der Waals surface area contributed by atoms with Crippen LogP contribution in [0.25, 0.3) is 22.3 Å². The van der Waals surface area contributed by atoms with E-state index in [0.717, 1.165) is 36.2 Å². The molecule has 0 aliphatic heterocycles. The van der Waals surface area contributed by atoms with Gasteiger partial charge in [-0.05, 0) is 42.5 Å². The van der Waals surface area contributed by atoms with E-state index < -0.39 is 0 Å². The molecule has 0 unspecified atom stereocenters. The Balaban J connectivity index is 1.78. The van der Waals surface area contributed by atoms with Crippen molar-refractivity contribution < 1.29 is 4.79 Å². The number of hydrogen-bond donors (Lipinski definition) is 3. The van der Waals surface area contributed by atoms with Crippen molar-refractivity contribution in [2.75, 3.05) is 6.54 Å². The third-order valence-electron chi connectivity index (χ3n) is 4.32. The van der Waals surface area contributed by atoms with Gasteiger partial charge in [0.05, 0.1) is 17.6 Å². The molecule has 1 aliphatic rings. The average molecular weight is 294 g/mol. The lowest BCUT2D eigenvalue weighted by Gasteiger charge is -2.11. The van der Waals surface area contributed by atoms with Gasteiger partial charge in [-0.2, -0.15) is 5.10 Å². The van der Waals surface area contributed by atoms with Crippen molar-refractivity contribution in [3.05, 3.63) is 41.1 Å². The smallest absolute Gasteiger partial charge is 0.251 e. The molecule has 4 rings (SSSR count). The van der Waals surface area contributed by atoms with E-state index in [-0.39, 0.29) is 5.91 Å². The summed E-state index contributed by atoms with van der Waals surface area (Å²) < 4.78 is 0. The van der Waals surface area contributed by atoms with Crippen LogP contribution >= 0.6 is 0 Å². The lowest BCUT2D eigenvalue weighted by molar-refractivity contribution is 0.0954. The lowest BCUT2D eigenvalue weighted by Crippen LogP contribution is -2.23. The number of nitrogens with one attached hydrogen (secondary N) is 3. The first-order chi connectivity index (χ1) is 10.8. The Bertz CT molecular complexity index is 859. The van der Waals surface area contributed by atoms with E-state index >= 15 is 0 Å². The van der Waals surface area contributed by atoms with E-state index in [1.807, 2.05) is 31.3 Å². The van der Waals surface area contributed by atoms with Crippen LogP contribution < -0.4 is 5.32 Å². The fourth-order valence-electron chi connectivity index (χ4n) is 3.19. The maximum absolute atomic E-state index is 12.1. The van der Waals surface area contributed by atoms with Gasteiger partial charge in [-0.3, -0.25) is 9.89 Å². The van der Waals surface area contributed by atoms with Crippen LogP contribution in [0.15, 0.2) is 24.4 Å². The number of nitrogens with zero attached hydrogens (tertiary/aromatic N) is 1. The molecule has 0 saturated carbocycles. The van der Waals surface area contributed by atoms with Crippen molar-refractivity contribution in [2.45, 2.75) is 26.2 Å². The molecule has 0 atom stereocenters. The molecule has 22 heavy (non-hydrogen) atoms. The van der Waals surface area contributed by atoms with E-state index in [9.17, 15) is 4.79 Å². The minimum atomic E-state index is -0.0152. The molecule has 0 bridgehead atoms. The summed E-state index contributed by atoms with van der Waals surface area (Å²) in [5, 5.41) is 11.3. The van der Waals surface area contributed by atoms with Gasteiger partial charge < -0.3 is 10.3 Å². The fraction of sp³-hybridized carbons (Fsp3) is 0.294. The normalized spacial score (nSPS) is 13.0. The summed E-state index contributed by atoms with van der Waals surface area (Å²) in [7, 11) is 0. The van der Waals surface area contributed by atoms with Gasteiger partial charge in [0.25, 0.3) is 5.91 Å². The maximum Gasteiger partial charge on any atom is 0.251 e. The summed E-state index contributed by atoms with van der Waals surface area (Å²) in [5.41, 5.74) is 6.46. The first kappa shape index (κ1) is 13.1. The number of carbonyl (C=O) groups excluding carboxylic acids is 1. The number of amides is 1. The Hall–Kier alpha value is -2.56. The topological polar surface area (TPSA) is 73.6 Å². The molecule has 3 aromatic rings. The minimum Gasteiger partial charge on any atom is -0.353 e. The van der Waals surface area contributed by atoms with Crippen LogP contribution in [0.4, 0.5) is 0 Å². The van der Waals surface area contributed by atoms with Crippen LogP contribution in [0.2, 0.25) is 0 Å². The van der Waals surface area contributed by atoms with E-state index in [0.29, 0.717) is 12.1 Å². The van der Waals surface area contributed by atoms with Gasteiger partial charge in [0.1, 0.15) is 0 Å². The molecule has 1 amide bonds. The second-order valence-electron chi connectivity index (χ2n) is 5.77. The number of hydrogen-bond acceptors (Lipinski definition) is 2. The minimum absolute atomic E-state index is 0.0152. The SMILES string of the molecule is CCCNC(=O)c1ccc2c3c([nH]c2c1)-c1[nH]ncc1CC3. The summed E-state index contributed by atoms with van der Waals surface area (Å²) in [4.78, 5) is 15.6. The summed E-state index contributed by atoms with van der Waals surface area (Å²) in [6.45, 7) is 2.75. The zero-order valence-electron chi connectivity index (χ0n) is 12.5. The van der Waals surface area contributed by atoms with Crippen LogP contribution in [0.1, 0.15) is 34.8 Å². The number of carbonyl (C=O) groups is 1. The fourth-order valence-corrected chi connectivity index (χ4v) is 3.19. The molecular formula is C17H18N4O. The number of rotatable bonds is 3. The van der Waals surface area contributed by atoms with E-state index in [1.54, 1.807) is 0 Å². The molecule has 0 spiro atoms. The molecule has 0 saturated heterocycles. The molecule has 0 radical (unpaired) electrons. The van der Waals surface area contributed by atoms with Gasteiger partial charge in [0.2, 0.25) is 0 Å². The average Bonchev–Trinajstić information content (AvgIpc) is 3.15. The van der Waals surface area contributed by atoms with Crippen LogP contribution in [-0.4, -0.2) is 27.6 Å².